The number of nitrogens with one attached hydrogen (secondary N) is 1. The minimum absolute atomic E-state index is 0.338. The molecule has 0 amide bonds. The summed E-state index contributed by atoms with van der Waals surface area (Å²) >= 11 is 0. The van der Waals surface area contributed by atoms with Gasteiger partial charge in [-0.1, -0.05) is 18.2 Å². The van der Waals surface area contributed by atoms with E-state index >= 15 is 0 Å². The highest BCUT2D eigenvalue weighted by atomic mass is 16.5. The van der Waals surface area contributed by atoms with Crippen molar-refractivity contribution in [1.82, 2.24) is 10.2 Å². The van der Waals surface area contributed by atoms with Crippen LogP contribution in [-0.4, -0.2) is 42.7 Å². The summed E-state index contributed by atoms with van der Waals surface area (Å²) in [4.78, 5) is 2.54. The zero-order valence-corrected chi connectivity index (χ0v) is 12.2. The number of nitrogens with zero attached hydrogens (tertiary/aromatic N) is 1. The highest BCUT2D eigenvalue weighted by Gasteiger charge is 2.36. The van der Waals surface area contributed by atoms with Crippen LogP contribution in [0, 0.1) is 0 Å². The van der Waals surface area contributed by atoms with E-state index in [0.29, 0.717) is 6.10 Å². The molecule has 0 aliphatic carbocycles. The Balaban J connectivity index is 1.36. The Morgan fingerprint density at radius 1 is 1.20 bits per heavy atom. The first-order valence-corrected chi connectivity index (χ1v) is 7.99. The number of rotatable bonds is 3. The fourth-order valence-electron chi connectivity index (χ4n) is 4.21. The lowest BCUT2D eigenvalue weighted by Gasteiger charge is -2.36. The predicted octanol–water partition coefficient (Wildman–Crippen LogP) is 2.20. The van der Waals surface area contributed by atoms with Crippen LogP contribution < -0.4 is 10.1 Å². The van der Waals surface area contributed by atoms with Gasteiger partial charge in [-0.05, 0) is 44.4 Å². The van der Waals surface area contributed by atoms with Gasteiger partial charge >= 0.3 is 0 Å². The third kappa shape index (κ3) is 2.33. The van der Waals surface area contributed by atoms with Crippen LogP contribution in [0.25, 0.3) is 0 Å². The Kier molecular flexibility index (Phi) is 3.20. The van der Waals surface area contributed by atoms with Gasteiger partial charge in [0.15, 0.2) is 0 Å². The molecule has 0 saturated carbocycles. The normalized spacial score (nSPS) is 35.1. The molecule has 20 heavy (non-hydrogen) atoms. The second-order valence-electron chi connectivity index (χ2n) is 6.75. The van der Waals surface area contributed by atoms with E-state index in [1.54, 1.807) is 0 Å². The fourth-order valence-corrected chi connectivity index (χ4v) is 4.21. The summed E-state index contributed by atoms with van der Waals surface area (Å²) in [6.07, 6.45) is 6.78. The molecule has 3 unspecified atom stereocenters. The van der Waals surface area contributed by atoms with E-state index in [9.17, 15) is 0 Å². The van der Waals surface area contributed by atoms with Crippen molar-refractivity contribution in [2.24, 2.45) is 0 Å². The van der Waals surface area contributed by atoms with Crippen LogP contribution in [0.15, 0.2) is 24.3 Å². The molecule has 4 rings (SSSR count). The van der Waals surface area contributed by atoms with Crippen molar-refractivity contribution in [3.63, 3.8) is 0 Å². The average Bonchev–Trinajstić information content (AvgIpc) is 3.01. The number of fused-ring (bicyclic) bond motifs is 3. The maximum atomic E-state index is 6.08. The van der Waals surface area contributed by atoms with Gasteiger partial charge in [0.05, 0.1) is 0 Å². The molecule has 3 heterocycles. The summed E-state index contributed by atoms with van der Waals surface area (Å²) in [7, 11) is 2.28. The van der Waals surface area contributed by atoms with Crippen LogP contribution in [0.2, 0.25) is 0 Å². The first kappa shape index (κ1) is 12.7. The van der Waals surface area contributed by atoms with Gasteiger partial charge in [0.2, 0.25) is 0 Å². The van der Waals surface area contributed by atoms with Crippen molar-refractivity contribution in [2.75, 3.05) is 13.6 Å². The van der Waals surface area contributed by atoms with Crippen LogP contribution in [0.1, 0.15) is 31.2 Å². The smallest absolute Gasteiger partial charge is 0.123 e. The zero-order valence-electron chi connectivity index (χ0n) is 12.2. The number of para-hydroxylation sites is 1. The molecule has 0 aromatic heterocycles. The number of piperidine rings is 1. The highest BCUT2D eigenvalue weighted by Crippen LogP contribution is 2.31. The first-order chi connectivity index (χ1) is 9.78. The molecule has 1 aromatic rings. The Bertz CT molecular complexity index is 453. The van der Waals surface area contributed by atoms with Gasteiger partial charge in [-0.3, -0.25) is 4.90 Å². The number of ether oxygens (including phenoxy) is 1. The Morgan fingerprint density at radius 2 is 1.95 bits per heavy atom. The largest absolute Gasteiger partial charge is 0.488 e. The quantitative estimate of drug-likeness (QED) is 0.913. The molecule has 1 N–H and O–H groups in total. The average molecular weight is 272 g/mol. The molecular weight excluding hydrogens is 248 g/mol. The van der Waals surface area contributed by atoms with Gasteiger partial charge < -0.3 is 10.1 Å². The van der Waals surface area contributed by atoms with E-state index < -0.39 is 0 Å². The van der Waals surface area contributed by atoms with Crippen molar-refractivity contribution < 1.29 is 4.74 Å². The minimum atomic E-state index is 0.338. The van der Waals surface area contributed by atoms with Crippen molar-refractivity contribution in [3.05, 3.63) is 29.8 Å². The zero-order chi connectivity index (χ0) is 13.5. The maximum absolute atomic E-state index is 6.08. The summed E-state index contributed by atoms with van der Waals surface area (Å²) in [5, 5.41) is 3.73. The van der Waals surface area contributed by atoms with E-state index in [-0.39, 0.29) is 0 Å². The number of hydrogen-bond acceptors (Lipinski definition) is 3. The summed E-state index contributed by atoms with van der Waals surface area (Å²) < 4.78 is 6.08. The van der Waals surface area contributed by atoms with E-state index in [1.807, 2.05) is 0 Å². The van der Waals surface area contributed by atoms with Crippen LogP contribution in [0.5, 0.6) is 5.75 Å². The van der Waals surface area contributed by atoms with E-state index in [1.165, 1.54) is 31.2 Å². The van der Waals surface area contributed by atoms with Gasteiger partial charge in [0.1, 0.15) is 11.9 Å². The number of likely N-dealkylation sites (N-methyl/N-ethyl adjacent to an activating group) is 1. The lowest BCUT2D eigenvalue weighted by atomic mass is 9.98. The standard InChI is InChI=1S/C17H24N2O/c1-19(15-9-13-6-7-14(10-15)18-13)11-16-8-12-4-2-3-5-17(12)20-16/h2-5,13-16,18H,6-11H2,1H3. The third-order valence-corrected chi connectivity index (χ3v) is 5.28. The molecular formula is C17H24N2O. The molecule has 2 fully saturated rings. The third-order valence-electron chi connectivity index (χ3n) is 5.28. The summed E-state index contributed by atoms with van der Waals surface area (Å²) in [5.74, 6) is 1.09. The van der Waals surface area contributed by atoms with Crippen molar-refractivity contribution >= 4 is 0 Å². The molecule has 3 aliphatic rings. The molecule has 2 saturated heterocycles. The van der Waals surface area contributed by atoms with Crippen LogP contribution >= 0.6 is 0 Å². The molecule has 3 atom stereocenters. The van der Waals surface area contributed by atoms with Crippen molar-refractivity contribution in [3.8, 4) is 5.75 Å². The summed E-state index contributed by atoms with van der Waals surface area (Å²) in [6, 6.07) is 10.7. The van der Waals surface area contributed by atoms with E-state index in [2.05, 4.69) is 41.5 Å². The van der Waals surface area contributed by atoms with E-state index in [4.69, 9.17) is 4.74 Å². The second kappa shape index (κ2) is 5.05. The molecule has 108 valence electrons. The number of hydrogen-bond donors (Lipinski definition) is 1. The van der Waals surface area contributed by atoms with Crippen LogP contribution in [0.4, 0.5) is 0 Å². The Hall–Kier alpha value is -1.06. The van der Waals surface area contributed by atoms with Gasteiger partial charge in [-0.2, -0.15) is 0 Å². The molecule has 3 nitrogen and oxygen atoms in total. The van der Waals surface area contributed by atoms with Crippen LogP contribution in [0.3, 0.4) is 0 Å². The lowest BCUT2D eigenvalue weighted by molar-refractivity contribution is 0.112. The molecule has 0 spiro atoms. The summed E-state index contributed by atoms with van der Waals surface area (Å²) in [6.45, 7) is 1.05. The van der Waals surface area contributed by atoms with Gasteiger partial charge in [-0.25, -0.2) is 0 Å². The van der Waals surface area contributed by atoms with Gasteiger partial charge in [-0.15, -0.1) is 0 Å². The predicted molar refractivity (Wildman–Crippen MR) is 80.2 cm³/mol. The van der Waals surface area contributed by atoms with Crippen LogP contribution in [-0.2, 0) is 6.42 Å². The van der Waals surface area contributed by atoms with Crippen molar-refractivity contribution in [2.45, 2.75) is 56.3 Å². The monoisotopic (exact) mass is 272 g/mol. The molecule has 1 aromatic carbocycles. The topological polar surface area (TPSA) is 24.5 Å². The van der Waals surface area contributed by atoms with E-state index in [0.717, 1.165) is 36.8 Å². The molecule has 0 radical (unpaired) electrons. The molecule has 2 bridgehead atoms. The molecule has 3 aliphatic heterocycles. The maximum Gasteiger partial charge on any atom is 0.123 e. The Morgan fingerprint density at radius 3 is 2.70 bits per heavy atom. The SMILES string of the molecule is CN(CC1Cc2ccccc2O1)C1CC2CCC(C1)N2. The Labute approximate surface area is 121 Å². The minimum Gasteiger partial charge on any atom is -0.488 e. The number of benzene rings is 1. The first-order valence-electron chi connectivity index (χ1n) is 7.99. The fraction of sp³-hybridized carbons (Fsp3) is 0.647. The second-order valence-corrected chi connectivity index (χ2v) is 6.75. The van der Waals surface area contributed by atoms with Gasteiger partial charge in [0, 0.05) is 31.1 Å². The molecule has 3 heteroatoms. The lowest BCUT2D eigenvalue weighted by Crippen LogP contribution is -2.49. The highest BCUT2D eigenvalue weighted by molar-refractivity contribution is 5.37. The van der Waals surface area contributed by atoms with Crippen molar-refractivity contribution in [1.29, 1.82) is 0 Å². The van der Waals surface area contributed by atoms with Gasteiger partial charge in [0.25, 0.3) is 0 Å². The summed E-state index contributed by atoms with van der Waals surface area (Å²) in [5.41, 5.74) is 1.37.